The molecule has 3 aromatic rings. The van der Waals surface area contributed by atoms with Gasteiger partial charge in [-0.15, -0.1) is 0 Å². The Bertz CT molecular complexity index is 702. The van der Waals surface area contributed by atoms with Gasteiger partial charge in [-0.3, -0.25) is 4.98 Å². The van der Waals surface area contributed by atoms with E-state index in [1.807, 2.05) is 37.4 Å². The second-order valence-corrected chi connectivity index (χ2v) is 4.82. The average molecular weight is 248 g/mol. The van der Waals surface area contributed by atoms with Crippen LogP contribution in [0.5, 0.6) is 0 Å². The second-order valence-electron chi connectivity index (χ2n) is 4.82. The first-order valence-corrected chi connectivity index (χ1v) is 6.41. The number of hydrogen-bond acceptors (Lipinski definition) is 2. The lowest BCUT2D eigenvalue weighted by Crippen LogP contribution is -2.12. The molecule has 2 aromatic carbocycles. The molecule has 0 aliphatic rings. The van der Waals surface area contributed by atoms with Crippen LogP contribution in [-0.2, 0) is 0 Å². The summed E-state index contributed by atoms with van der Waals surface area (Å²) in [6, 6.07) is 18.6. The molecule has 0 saturated carbocycles. The number of aryl methyl sites for hydroxylation is 1. The summed E-state index contributed by atoms with van der Waals surface area (Å²) in [5.41, 5.74) is 9.48. The molecular formula is C17H16N2. The first-order chi connectivity index (χ1) is 9.24. The smallest absolute Gasteiger partial charge is 0.0567 e. The molecule has 0 fully saturated rings. The highest BCUT2D eigenvalue weighted by Crippen LogP contribution is 2.23. The fourth-order valence-corrected chi connectivity index (χ4v) is 2.26. The average Bonchev–Trinajstić information content (AvgIpc) is 2.47. The minimum Gasteiger partial charge on any atom is -0.320 e. The molecule has 1 unspecified atom stereocenters. The zero-order valence-corrected chi connectivity index (χ0v) is 10.9. The number of aromatic nitrogens is 1. The molecule has 3 rings (SSSR count). The molecule has 0 saturated heterocycles. The van der Waals surface area contributed by atoms with E-state index in [2.05, 4.69) is 35.3 Å². The van der Waals surface area contributed by atoms with Crippen molar-refractivity contribution in [3.63, 3.8) is 0 Å². The first kappa shape index (κ1) is 11.9. The van der Waals surface area contributed by atoms with Gasteiger partial charge in [0.25, 0.3) is 0 Å². The van der Waals surface area contributed by atoms with Crippen molar-refractivity contribution in [2.24, 2.45) is 5.73 Å². The van der Waals surface area contributed by atoms with Crippen molar-refractivity contribution < 1.29 is 0 Å². The zero-order valence-electron chi connectivity index (χ0n) is 10.9. The monoisotopic (exact) mass is 248 g/mol. The third-order valence-electron chi connectivity index (χ3n) is 3.43. The Kier molecular flexibility index (Phi) is 3.02. The summed E-state index contributed by atoms with van der Waals surface area (Å²) >= 11 is 0. The SMILES string of the molecule is Cc1ccc(C(N)c2ccc3ccccc3c2)cn1. The number of nitrogens with two attached hydrogens (primary N) is 1. The minimum atomic E-state index is -0.127. The van der Waals surface area contributed by atoms with Crippen molar-refractivity contribution in [1.82, 2.24) is 4.98 Å². The predicted octanol–water partition coefficient (Wildman–Crippen LogP) is 3.59. The Balaban J connectivity index is 2.01. The van der Waals surface area contributed by atoms with Gasteiger partial charge in [0.1, 0.15) is 0 Å². The summed E-state index contributed by atoms with van der Waals surface area (Å²) in [5.74, 6) is 0. The molecule has 0 spiro atoms. The lowest BCUT2D eigenvalue weighted by molar-refractivity contribution is 0.862. The van der Waals surface area contributed by atoms with E-state index >= 15 is 0 Å². The van der Waals surface area contributed by atoms with Crippen molar-refractivity contribution in [1.29, 1.82) is 0 Å². The van der Waals surface area contributed by atoms with Gasteiger partial charge in [0.15, 0.2) is 0 Å². The van der Waals surface area contributed by atoms with E-state index in [0.29, 0.717) is 0 Å². The van der Waals surface area contributed by atoms with E-state index in [1.165, 1.54) is 10.8 Å². The molecule has 2 nitrogen and oxygen atoms in total. The van der Waals surface area contributed by atoms with Gasteiger partial charge in [0, 0.05) is 11.9 Å². The Morgan fingerprint density at radius 2 is 1.63 bits per heavy atom. The third kappa shape index (κ3) is 2.35. The van der Waals surface area contributed by atoms with Gasteiger partial charge >= 0.3 is 0 Å². The fourth-order valence-electron chi connectivity index (χ4n) is 2.26. The van der Waals surface area contributed by atoms with E-state index < -0.39 is 0 Å². The van der Waals surface area contributed by atoms with E-state index in [4.69, 9.17) is 5.73 Å². The van der Waals surface area contributed by atoms with Gasteiger partial charge in [-0.05, 0) is 41.0 Å². The lowest BCUT2D eigenvalue weighted by Gasteiger charge is -2.13. The summed E-state index contributed by atoms with van der Waals surface area (Å²) in [6.07, 6.45) is 1.86. The van der Waals surface area contributed by atoms with Crippen molar-refractivity contribution in [2.75, 3.05) is 0 Å². The van der Waals surface area contributed by atoms with E-state index in [0.717, 1.165) is 16.8 Å². The maximum absolute atomic E-state index is 6.32. The number of benzene rings is 2. The summed E-state index contributed by atoms with van der Waals surface area (Å²) in [5, 5.41) is 2.45. The first-order valence-electron chi connectivity index (χ1n) is 6.41. The molecular weight excluding hydrogens is 232 g/mol. The molecule has 0 aliphatic heterocycles. The van der Waals surface area contributed by atoms with E-state index in [-0.39, 0.29) is 6.04 Å². The van der Waals surface area contributed by atoms with Crippen molar-refractivity contribution >= 4 is 10.8 Å². The van der Waals surface area contributed by atoms with Gasteiger partial charge in [-0.2, -0.15) is 0 Å². The summed E-state index contributed by atoms with van der Waals surface area (Å²) in [4.78, 5) is 4.31. The molecule has 2 heteroatoms. The van der Waals surface area contributed by atoms with Crippen LogP contribution < -0.4 is 5.73 Å². The van der Waals surface area contributed by atoms with Crippen molar-refractivity contribution in [3.05, 3.63) is 77.6 Å². The van der Waals surface area contributed by atoms with Crippen LogP contribution >= 0.6 is 0 Å². The van der Waals surface area contributed by atoms with Gasteiger partial charge in [-0.1, -0.05) is 42.5 Å². The molecule has 94 valence electrons. The number of hydrogen-bond donors (Lipinski definition) is 1. The second kappa shape index (κ2) is 4.82. The standard InChI is InChI=1S/C17H16N2/c1-12-6-7-16(11-19-12)17(18)15-9-8-13-4-2-3-5-14(13)10-15/h2-11,17H,18H2,1H3. The van der Waals surface area contributed by atoms with Crippen LogP contribution in [0.2, 0.25) is 0 Å². The highest BCUT2D eigenvalue weighted by molar-refractivity contribution is 5.83. The molecule has 0 aliphatic carbocycles. The largest absolute Gasteiger partial charge is 0.320 e. The molecule has 19 heavy (non-hydrogen) atoms. The normalized spacial score (nSPS) is 12.5. The highest BCUT2D eigenvalue weighted by Gasteiger charge is 2.09. The van der Waals surface area contributed by atoms with Crippen LogP contribution in [0.15, 0.2) is 60.8 Å². The lowest BCUT2D eigenvalue weighted by atomic mass is 9.98. The number of fused-ring (bicyclic) bond motifs is 1. The Morgan fingerprint density at radius 1 is 0.895 bits per heavy atom. The Labute approximate surface area is 112 Å². The molecule has 2 N–H and O–H groups in total. The number of pyridine rings is 1. The fraction of sp³-hybridized carbons (Fsp3) is 0.118. The molecule has 0 bridgehead atoms. The number of nitrogens with zero attached hydrogens (tertiary/aromatic N) is 1. The van der Waals surface area contributed by atoms with Gasteiger partial charge in [-0.25, -0.2) is 0 Å². The minimum absolute atomic E-state index is 0.127. The topological polar surface area (TPSA) is 38.9 Å². The summed E-state index contributed by atoms with van der Waals surface area (Å²) in [7, 11) is 0. The van der Waals surface area contributed by atoms with Crippen molar-refractivity contribution in [3.8, 4) is 0 Å². The van der Waals surface area contributed by atoms with Crippen molar-refractivity contribution in [2.45, 2.75) is 13.0 Å². The molecule has 1 heterocycles. The van der Waals surface area contributed by atoms with Crippen LogP contribution in [0.1, 0.15) is 22.9 Å². The quantitative estimate of drug-likeness (QED) is 0.752. The van der Waals surface area contributed by atoms with Crippen LogP contribution in [0.4, 0.5) is 0 Å². The summed E-state index contributed by atoms with van der Waals surface area (Å²) < 4.78 is 0. The van der Waals surface area contributed by atoms with Crippen LogP contribution in [-0.4, -0.2) is 4.98 Å². The van der Waals surface area contributed by atoms with Gasteiger partial charge in [0.2, 0.25) is 0 Å². The molecule has 1 atom stereocenters. The summed E-state index contributed by atoms with van der Waals surface area (Å²) in [6.45, 7) is 1.98. The zero-order chi connectivity index (χ0) is 13.2. The number of rotatable bonds is 2. The van der Waals surface area contributed by atoms with Gasteiger partial charge < -0.3 is 5.73 Å². The van der Waals surface area contributed by atoms with Crippen LogP contribution in [0.3, 0.4) is 0 Å². The van der Waals surface area contributed by atoms with Gasteiger partial charge in [0.05, 0.1) is 6.04 Å². The Morgan fingerprint density at radius 3 is 2.37 bits per heavy atom. The van der Waals surface area contributed by atoms with E-state index in [9.17, 15) is 0 Å². The maximum atomic E-state index is 6.32. The molecule has 0 radical (unpaired) electrons. The third-order valence-corrected chi connectivity index (χ3v) is 3.43. The van der Waals surface area contributed by atoms with Crippen LogP contribution in [0.25, 0.3) is 10.8 Å². The van der Waals surface area contributed by atoms with E-state index in [1.54, 1.807) is 0 Å². The maximum Gasteiger partial charge on any atom is 0.0567 e. The molecule has 1 aromatic heterocycles. The predicted molar refractivity (Wildman–Crippen MR) is 79.0 cm³/mol. The van der Waals surface area contributed by atoms with Crippen LogP contribution in [0, 0.1) is 6.92 Å². The Hall–Kier alpha value is -2.19. The highest BCUT2D eigenvalue weighted by atomic mass is 14.7. The molecule has 0 amide bonds.